The zero-order valence-corrected chi connectivity index (χ0v) is 15.2. The zero-order chi connectivity index (χ0) is 16.9. The molecule has 2 aliphatic rings. The molecule has 1 aliphatic carbocycles. The molecule has 0 radical (unpaired) electrons. The average molecular weight is 350 g/mol. The highest BCUT2D eigenvalue weighted by Crippen LogP contribution is 2.25. The number of amides is 3. The van der Waals surface area contributed by atoms with Crippen LogP contribution in [0.25, 0.3) is 0 Å². The summed E-state index contributed by atoms with van der Waals surface area (Å²) in [5.41, 5.74) is 1.19. The quantitative estimate of drug-likeness (QED) is 0.887. The molecule has 1 atom stereocenters. The number of likely N-dealkylation sites (N-methyl/N-ethyl adjacent to an activating group) is 1. The van der Waals surface area contributed by atoms with Gasteiger partial charge < -0.3 is 15.1 Å². The third-order valence-corrected chi connectivity index (χ3v) is 5.87. The van der Waals surface area contributed by atoms with Crippen LogP contribution in [0.15, 0.2) is 16.8 Å². The van der Waals surface area contributed by atoms with Gasteiger partial charge in [-0.25, -0.2) is 4.79 Å². The van der Waals surface area contributed by atoms with Crippen molar-refractivity contribution < 1.29 is 9.59 Å². The van der Waals surface area contributed by atoms with Crippen LogP contribution in [0, 0.1) is 0 Å². The van der Waals surface area contributed by atoms with Crippen molar-refractivity contribution in [3.8, 4) is 0 Å². The van der Waals surface area contributed by atoms with E-state index in [2.05, 4.69) is 22.1 Å². The first-order valence-electron chi connectivity index (χ1n) is 9.03. The maximum atomic E-state index is 12.9. The van der Waals surface area contributed by atoms with Gasteiger partial charge in [0.05, 0.1) is 6.04 Å². The molecule has 1 aliphatic heterocycles. The van der Waals surface area contributed by atoms with Crippen LogP contribution in [0.1, 0.15) is 51.0 Å². The number of hydrogen-bond donors (Lipinski definition) is 1. The topological polar surface area (TPSA) is 52.7 Å². The molecule has 2 heterocycles. The van der Waals surface area contributed by atoms with Crippen LogP contribution >= 0.6 is 11.3 Å². The van der Waals surface area contributed by atoms with Crippen molar-refractivity contribution >= 4 is 23.3 Å². The van der Waals surface area contributed by atoms with Crippen molar-refractivity contribution in [1.29, 1.82) is 0 Å². The first-order chi connectivity index (χ1) is 11.7. The highest BCUT2D eigenvalue weighted by Gasteiger charge is 2.32. The van der Waals surface area contributed by atoms with E-state index in [1.165, 1.54) is 24.8 Å². The number of nitrogens with zero attached hydrogens (tertiary/aromatic N) is 2. The van der Waals surface area contributed by atoms with Crippen molar-refractivity contribution in [2.45, 2.75) is 64.1 Å². The van der Waals surface area contributed by atoms with E-state index in [0.29, 0.717) is 32.1 Å². The molecule has 0 bridgehead atoms. The molecule has 1 N–H and O–H groups in total. The summed E-state index contributed by atoms with van der Waals surface area (Å²) in [6.45, 7) is 4.00. The molecular weight excluding hydrogens is 322 g/mol. The summed E-state index contributed by atoms with van der Waals surface area (Å²) in [7, 11) is 0. The monoisotopic (exact) mass is 349 g/mol. The van der Waals surface area contributed by atoms with E-state index >= 15 is 0 Å². The summed E-state index contributed by atoms with van der Waals surface area (Å²) in [5, 5.41) is 7.28. The lowest BCUT2D eigenvalue weighted by Crippen LogP contribution is -2.50. The lowest BCUT2D eigenvalue weighted by atomic mass is 9.94. The van der Waals surface area contributed by atoms with Gasteiger partial charge in [-0.05, 0) is 42.2 Å². The fourth-order valence-corrected chi connectivity index (χ4v) is 4.43. The molecule has 5 nitrogen and oxygen atoms in total. The Kier molecular flexibility index (Phi) is 5.76. The van der Waals surface area contributed by atoms with Gasteiger partial charge in [0.2, 0.25) is 5.91 Å². The molecule has 3 rings (SSSR count). The summed E-state index contributed by atoms with van der Waals surface area (Å²) in [6.07, 6.45) is 6.27. The Morgan fingerprint density at radius 2 is 2.17 bits per heavy atom. The minimum absolute atomic E-state index is 0.0103. The minimum atomic E-state index is -0.0569. The summed E-state index contributed by atoms with van der Waals surface area (Å²) in [6, 6.07) is 2.34. The fraction of sp³-hybridized carbons (Fsp3) is 0.667. The van der Waals surface area contributed by atoms with Gasteiger partial charge in [0.25, 0.3) is 0 Å². The van der Waals surface area contributed by atoms with E-state index < -0.39 is 0 Å². The number of carbonyl (C=O) groups excluding carboxylic acids is 2. The maximum Gasteiger partial charge on any atom is 0.318 e. The van der Waals surface area contributed by atoms with Crippen molar-refractivity contribution in [3.05, 3.63) is 22.4 Å². The number of urea groups is 1. The van der Waals surface area contributed by atoms with E-state index in [4.69, 9.17) is 0 Å². The Balaban J connectivity index is 1.65. The summed E-state index contributed by atoms with van der Waals surface area (Å²) in [4.78, 5) is 28.6. The molecule has 6 heteroatoms. The lowest BCUT2D eigenvalue weighted by Gasteiger charge is -2.35. The van der Waals surface area contributed by atoms with Crippen molar-refractivity contribution in [1.82, 2.24) is 15.1 Å². The number of nitrogens with one attached hydrogen (secondary N) is 1. The van der Waals surface area contributed by atoms with E-state index in [1.54, 1.807) is 11.3 Å². The van der Waals surface area contributed by atoms with Crippen molar-refractivity contribution in [3.63, 3.8) is 0 Å². The van der Waals surface area contributed by atoms with Crippen LogP contribution in [-0.4, -0.2) is 46.9 Å². The van der Waals surface area contributed by atoms with Gasteiger partial charge in [-0.15, -0.1) is 0 Å². The number of likely N-dealkylation sites (tertiary alicyclic amines) is 1. The molecule has 24 heavy (non-hydrogen) atoms. The summed E-state index contributed by atoms with van der Waals surface area (Å²) in [5.74, 6) is 0.143. The molecule has 3 amide bonds. The van der Waals surface area contributed by atoms with Crippen LogP contribution in [0.2, 0.25) is 0 Å². The van der Waals surface area contributed by atoms with Gasteiger partial charge >= 0.3 is 6.03 Å². The van der Waals surface area contributed by atoms with Gasteiger partial charge in [0, 0.05) is 32.1 Å². The molecule has 132 valence electrons. The molecule has 1 saturated carbocycles. The summed E-state index contributed by atoms with van der Waals surface area (Å²) >= 11 is 1.67. The standard InChI is InChI=1S/C18H27N3O2S/c1-2-20-12-15(10-17(20)22)19-18(23)21(11-14-8-9-24-13-14)16-6-4-3-5-7-16/h8-9,13,15-16H,2-7,10-12H2,1H3,(H,19,23). The number of thiophene rings is 1. The second-order valence-corrected chi connectivity index (χ2v) is 7.61. The molecule has 0 aromatic carbocycles. The fourth-order valence-electron chi connectivity index (χ4n) is 3.77. The van der Waals surface area contributed by atoms with Gasteiger partial charge in [-0.2, -0.15) is 11.3 Å². The van der Waals surface area contributed by atoms with Gasteiger partial charge in [0.15, 0.2) is 0 Å². The minimum Gasteiger partial charge on any atom is -0.341 e. The normalized spacial score (nSPS) is 22.0. The zero-order valence-electron chi connectivity index (χ0n) is 14.4. The largest absolute Gasteiger partial charge is 0.341 e. The lowest BCUT2D eigenvalue weighted by molar-refractivity contribution is -0.127. The number of rotatable bonds is 5. The smallest absolute Gasteiger partial charge is 0.318 e. The van der Waals surface area contributed by atoms with E-state index in [9.17, 15) is 9.59 Å². The van der Waals surface area contributed by atoms with Gasteiger partial charge in [0.1, 0.15) is 0 Å². The molecule has 1 aromatic heterocycles. The highest BCUT2D eigenvalue weighted by atomic mass is 32.1. The highest BCUT2D eigenvalue weighted by molar-refractivity contribution is 7.07. The Labute approximate surface area is 148 Å². The van der Waals surface area contributed by atoms with E-state index in [0.717, 1.165) is 12.8 Å². The molecule has 2 fully saturated rings. The van der Waals surface area contributed by atoms with Crippen molar-refractivity contribution in [2.75, 3.05) is 13.1 Å². The molecule has 1 saturated heterocycles. The van der Waals surface area contributed by atoms with Crippen LogP contribution < -0.4 is 5.32 Å². The molecule has 1 aromatic rings. The van der Waals surface area contributed by atoms with Crippen LogP contribution in [0.3, 0.4) is 0 Å². The summed E-state index contributed by atoms with van der Waals surface area (Å²) < 4.78 is 0. The Bertz CT molecular complexity index is 555. The van der Waals surface area contributed by atoms with Crippen LogP contribution in [0.5, 0.6) is 0 Å². The predicted molar refractivity (Wildman–Crippen MR) is 95.9 cm³/mol. The van der Waals surface area contributed by atoms with Gasteiger partial charge in [-0.3, -0.25) is 4.79 Å². The first kappa shape index (κ1) is 17.3. The second kappa shape index (κ2) is 8.01. The average Bonchev–Trinajstić information content (AvgIpc) is 3.22. The second-order valence-electron chi connectivity index (χ2n) is 6.83. The third kappa shape index (κ3) is 4.09. The molecular formula is C18H27N3O2S. The van der Waals surface area contributed by atoms with Crippen LogP contribution in [0.4, 0.5) is 4.79 Å². The van der Waals surface area contributed by atoms with Crippen molar-refractivity contribution in [2.24, 2.45) is 0 Å². The SMILES string of the molecule is CCN1CC(NC(=O)N(Cc2ccsc2)C2CCCCC2)CC1=O. The van der Waals surface area contributed by atoms with Crippen LogP contribution in [-0.2, 0) is 11.3 Å². The predicted octanol–water partition coefficient (Wildman–Crippen LogP) is 3.21. The van der Waals surface area contributed by atoms with Gasteiger partial charge in [-0.1, -0.05) is 19.3 Å². The van der Waals surface area contributed by atoms with E-state index in [-0.39, 0.29) is 18.0 Å². The third-order valence-electron chi connectivity index (χ3n) is 5.13. The molecule has 0 spiro atoms. The molecule has 1 unspecified atom stereocenters. The Morgan fingerprint density at radius 1 is 1.38 bits per heavy atom. The van der Waals surface area contributed by atoms with E-state index in [1.807, 2.05) is 16.7 Å². The number of hydrogen-bond acceptors (Lipinski definition) is 3. The Hall–Kier alpha value is -1.56. The number of carbonyl (C=O) groups is 2. The maximum absolute atomic E-state index is 12.9. The first-order valence-corrected chi connectivity index (χ1v) is 9.97. The Morgan fingerprint density at radius 3 is 2.79 bits per heavy atom.